The lowest BCUT2D eigenvalue weighted by atomic mass is 10.1. The summed E-state index contributed by atoms with van der Waals surface area (Å²) in [5.74, 6) is -0.361. The van der Waals surface area contributed by atoms with Crippen LogP contribution in [0, 0.1) is 0 Å². The van der Waals surface area contributed by atoms with E-state index in [4.69, 9.17) is 11.5 Å². The summed E-state index contributed by atoms with van der Waals surface area (Å²) in [5.41, 5.74) is 12.9. The lowest BCUT2D eigenvalue weighted by Gasteiger charge is -2.26. The van der Waals surface area contributed by atoms with E-state index in [2.05, 4.69) is 4.90 Å². The van der Waals surface area contributed by atoms with Crippen molar-refractivity contribution in [1.82, 2.24) is 0 Å². The zero-order valence-corrected chi connectivity index (χ0v) is 9.67. The monoisotopic (exact) mass is 231 g/mol. The molecule has 90 valence electrons. The number of rotatable bonds is 4. The van der Waals surface area contributed by atoms with Crippen LogP contribution < -0.4 is 16.4 Å². The third-order valence-electron chi connectivity index (χ3n) is 3.55. The first kappa shape index (κ1) is 10.6. The lowest BCUT2D eigenvalue weighted by molar-refractivity contribution is 0.100. The fourth-order valence-corrected chi connectivity index (χ4v) is 2.43. The minimum Gasteiger partial charge on any atom is -0.366 e. The van der Waals surface area contributed by atoms with Crippen LogP contribution in [-0.4, -0.2) is 24.0 Å². The molecule has 4 heteroatoms. The van der Waals surface area contributed by atoms with Gasteiger partial charge in [0, 0.05) is 18.1 Å². The molecule has 0 radical (unpaired) electrons. The number of para-hydroxylation sites is 1. The summed E-state index contributed by atoms with van der Waals surface area (Å²) in [6.07, 6.45) is 3.40. The van der Waals surface area contributed by atoms with Gasteiger partial charge in [-0.25, -0.2) is 0 Å². The molecule has 0 spiro atoms. The minimum absolute atomic E-state index is 0.247. The van der Waals surface area contributed by atoms with Gasteiger partial charge in [-0.05, 0) is 31.4 Å². The summed E-state index contributed by atoms with van der Waals surface area (Å²) in [7, 11) is 0. The first-order valence-electron chi connectivity index (χ1n) is 6.11. The second-order valence-electron chi connectivity index (χ2n) is 4.99. The van der Waals surface area contributed by atoms with Crippen LogP contribution in [0.25, 0.3) is 0 Å². The third kappa shape index (κ3) is 1.89. The molecule has 2 fully saturated rings. The predicted octanol–water partition coefficient (Wildman–Crippen LogP) is 0.854. The van der Waals surface area contributed by atoms with Crippen molar-refractivity contribution in [2.45, 2.75) is 37.4 Å². The van der Waals surface area contributed by atoms with Crippen molar-refractivity contribution in [2.75, 3.05) is 4.90 Å². The zero-order valence-electron chi connectivity index (χ0n) is 9.67. The van der Waals surface area contributed by atoms with E-state index < -0.39 is 0 Å². The first-order chi connectivity index (χ1) is 8.18. The summed E-state index contributed by atoms with van der Waals surface area (Å²) >= 11 is 0. The van der Waals surface area contributed by atoms with Gasteiger partial charge in [0.25, 0.3) is 5.91 Å². The van der Waals surface area contributed by atoms with Crippen LogP contribution in [-0.2, 0) is 0 Å². The van der Waals surface area contributed by atoms with E-state index in [-0.39, 0.29) is 11.9 Å². The Kier molecular flexibility index (Phi) is 2.33. The Morgan fingerprint density at radius 2 is 1.94 bits per heavy atom. The van der Waals surface area contributed by atoms with Gasteiger partial charge in [0.1, 0.15) is 0 Å². The highest BCUT2D eigenvalue weighted by atomic mass is 16.1. The number of primary amides is 1. The molecule has 2 unspecified atom stereocenters. The van der Waals surface area contributed by atoms with Crippen LogP contribution in [0.5, 0.6) is 0 Å². The summed E-state index contributed by atoms with van der Waals surface area (Å²) in [5, 5.41) is 0. The molecule has 2 aliphatic rings. The van der Waals surface area contributed by atoms with E-state index in [9.17, 15) is 4.79 Å². The van der Waals surface area contributed by atoms with E-state index in [1.807, 2.05) is 18.2 Å². The molecule has 2 atom stereocenters. The first-order valence-corrected chi connectivity index (χ1v) is 6.11. The van der Waals surface area contributed by atoms with Crippen molar-refractivity contribution in [2.24, 2.45) is 11.5 Å². The molecular formula is C13H17N3O. The number of nitrogens with zero attached hydrogens (tertiary/aromatic N) is 1. The molecule has 4 nitrogen and oxygen atoms in total. The van der Waals surface area contributed by atoms with Gasteiger partial charge in [0.15, 0.2) is 0 Å². The summed E-state index contributed by atoms with van der Waals surface area (Å²) in [4.78, 5) is 13.8. The van der Waals surface area contributed by atoms with Crippen LogP contribution in [0.3, 0.4) is 0 Å². The average molecular weight is 231 g/mol. The fourth-order valence-electron chi connectivity index (χ4n) is 2.43. The number of hydrogen-bond acceptors (Lipinski definition) is 3. The second kappa shape index (κ2) is 3.74. The number of benzene rings is 1. The average Bonchev–Trinajstić information content (AvgIpc) is 3.20. The normalized spacial score (nSPS) is 26.6. The number of hydrogen-bond donors (Lipinski definition) is 2. The van der Waals surface area contributed by atoms with E-state index in [1.165, 1.54) is 12.8 Å². The Morgan fingerprint density at radius 1 is 1.29 bits per heavy atom. The summed E-state index contributed by atoms with van der Waals surface area (Å²) < 4.78 is 0. The Morgan fingerprint density at radius 3 is 2.47 bits per heavy atom. The molecule has 0 saturated heterocycles. The van der Waals surface area contributed by atoms with E-state index in [0.29, 0.717) is 17.6 Å². The van der Waals surface area contributed by atoms with Gasteiger partial charge in [0.05, 0.1) is 11.3 Å². The van der Waals surface area contributed by atoms with Gasteiger partial charge in [-0.1, -0.05) is 12.1 Å². The summed E-state index contributed by atoms with van der Waals surface area (Å²) in [6.45, 7) is 0. The van der Waals surface area contributed by atoms with E-state index in [1.54, 1.807) is 6.07 Å². The fraction of sp³-hybridized carbons (Fsp3) is 0.462. The number of amides is 1. The number of nitrogens with two attached hydrogens (primary N) is 2. The van der Waals surface area contributed by atoms with E-state index >= 15 is 0 Å². The van der Waals surface area contributed by atoms with Crippen molar-refractivity contribution in [1.29, 1.82) is 0 Å². The zero-order chi connectivity index (χ0) is 12.0. The maximum absolute atomic E-state index is 11.5. The Labute approximate surface area is 101 Å². The molecule has 1 aromatic carbocycles. The number of carbonyl (C=O) groups is 1. The van der Waals surface area contributed by atoms with Gasteiger partial charge in [0.2, 0.25) is 0 Å². The van der Waals surface area contributed by atoms with Crippen LogP contribution in [0.4, 0.5) is 5.69 Å². The molecule has 0 aliphatic heterocycles. The standard InChI is InChI=1S/C13H17N3O/c14-10-7-12(10)16(8-5-6-8)11-4-2-1-3-9(11)13(15)17/h1-4,8,10,12H,5-7,14H2,(H2,15,17). The molecule has 1 aromatic rings. The van der Waals surface area contributed by atoms with Crippen LogP contribution in [0.15, 0.2) is 24.3 Å². The molecule has 3 rings (SSSR count). The SMILES string of the molecule is NC(=O)c1ccccc1N(C1CC1)C1CC1N. The van der Waals surface area contributed by atoms with Crippen molar-refractivity contribution >= 4 is 11.6 Å². The van der Waals surface area contributed by atoms with Gasteiger partial charge in [-0.2, -0.15) is 0 Å². The van der Waals surface area contributed by atoms with Crippen LogP contribution >= 0.6 is 0 Å². The maximum atomic E-state index is 11.5. The predicted molar refractivity (Wildman–Crippen MR) is 66.8 cm³/mol. The second-order valence-corrected chi connectivity index (χ2v) is 4.99. The van der Waals surface area contributed by atoms with Crippen molar-refractivity contribution in [3.63, 3.8) is 0 Å². The van der Waals surface area contributed by atoms with Gasteiger partial charge in [-0.15, -0.1) is 0 Å². The largest absolute Gasteiger partial charge is 0.366 e. The summed E-state index contributed by atoms with van der Waals surface area (Å²) in [6, 6.07) is 8.75. The highest BCUT2D eigenvalue weighted by Crippen LogP contribution is 2.41. The van der Waals surface area contributed by atoms with Crippen molar-refractivity contribution in [3.8, 4) is 0 Å². The highest BCUT2D eigenvalue weighted by molar-refractivity contribution is 5.98. The molecule has 2 saturated carbocycles. The maximum Gasteiger partial charge on any atom is 0.250 e. The van der Waals surface area contributed by atoms with Crippen molar-refractivity contribution < 1.29 is 4.79 Å². The van der Waals surface area contributed by atoms with Crippen LogP contribution in [0.1, 0.15) is 29.6 Å². The van der Waals surface area contributed by atoms with Gasteiger partial charge >= 0.3 is 0 Å². The minimum atomic E-state index is -0.361. The molecule has 1 amide bonds. The number of anilines is 1. The Balaban J connectivity index is 1.97. The smallest absolute Gasteiger partial charge is 0.250 e. The molecule has 0 heterocycles. The Bertz CT molecular complexity index is 456. The molecule has 0 bridgehead atoms. The molecule has 0 aromatic heterocycles. The molecular weight excluding hydrogens is 214 g/mol. The molecule has 17 heavy (non-hydrogen) atoms. The van der Waals surface area contributed by atoms with Crippen molar-refractivity contribution in [3.05, 3.63) is 29.8 Å². The van der Waals surface area contributed by atoms with Gasteiger partial charge < -0.3 is 16.4 Å². The topological polar surface area (TPSA) is 72.4 Å². The highest BCUT2D eigenvalue weighted by Gasteiger charge is 2.45. The quantitative estimate of drug-likeness (QED) is 0.807. The van der Waals surface area contributed by atoms with E-state index in [0.717, 1.165) is 12.1 Å². The van der Waals surface area contributed by atoms with Crippen LogP contribution in [0.2, 0.25) is 0 Å². The van der Waals surface area contributed by atoms with Gasteiger partial charge in [-0.3, -0.25) is 4.79 Å². The molecule has 2 aliphatic carbocycles. The number of carbonyl (C=O) groups excluding carboxylic acids is 1. The Hall–Kier alpha value is -1.55. The lowest BCUT2D eigenvalue weighted by Crippen LogP contribution is -2.34. The molecule has 4 N–H and O–H groups in total. The third-order valence-corrected chi connectivity index (χ3v) is 3.55.